The highest BCUT2D eigenvalue weighted by atomic mass is 16.6. The predicted molar refractivity (Wildman–Crippen MR) is 143 cm³/mol. The molecule has 2 aromatic rings. The average Bonchev–Trinajstić information content (AvgIpc) is 2.94. The first kappa shape index (κ1) is 30.6. The fraction of sp³-hybridized carbons (Fsp3) is 0.483. The molecule has 0 spiro atoms. The zero-order valence-corrected chi connectivity index (χ0v) is 23.4. The zero-order valence-electron chi connectivity index (χ0n) is 23.4. The summed E-state index contributed by atoms with van der Waals surface area (Å²) in [5.74, 6) is -2.89. The lowest BCUT2D eigenvalue weighted by Gasteiger charge is -2.38. The summed E-state index contributed by atoms with van der Waals surface area (Å²) in [7, 11) is 1.33. The second kappa shape index (κ2) is 13.9. The van der Waals surface area contributed by atoms with Gasteiger partial charge in [0.2, 0.25) is 0 Å². The van der Waals surface area contributed by atoms with E-state index in [4.69, 9.17) is 14.2 Å². The van der Waals surface area contributed by atoms with Crippen LogP contribution in [0, 0.1) is 0 Å². The van der Waals surface area contributed by atoms with Crippen LogP contribution >= 0.6 is 0 Å². The number of carbonyl (C=O) groups is 4. The molecule has 2 unspecified atom stereocenters. The second-order valence-corrected chi connectivity index (χ2v) is 10.6. The maximum absolute atomic E-state index is 13.2. The number of aliphatic carboxylic acids is 1. The molecule has 1 aliphatic heterocycles. The number of rotatable bonds is 10. The number of methoxy groups -OCH3 is 1. The van der Waals surface area contributed by atoms with Gasteiger partial charge in [-0.2, -0.15) is 4.57 Å². The highest BCUT2D eigenvalue weighted by Gasteiger charge is 2.39. The van der Waals surface area contributed by atoms with Gasteiger partial charge in [-0.15, -0.1) is 0 Å². The van der Waals surface area contributed by atoms with Crippen molar-refractivity contribution in [2.75, 3.05) is 20.3 Å². The van der Waals surface area contributed by atoms with Gasteiger partial charge in [0.25, 0.3) is 12.6 Å². The summed E-state index contributed by atoms with van der Waals surface area (Å²) < 4.78 is 17.7. The number of hydrogen-bond donors (Lipinski definition) is 2. The highest BCUT2D eigenvalue weighted by Crippen LogP contribution is 2.32. The van der Waals surface area contributed by atoms with Crippen molar-refractivity contribution < 1.29 is 43.1 Å². The number of nitrogens with zero attached hydrogens (tertiary/aromatic N) is 2. The van der Waals surface area contributed by atoms with Gasteiger partial charge >= 0.3 is 18.0 Å². The van der Waals surface area contributed by atoms with Crippen LogP contribution in [0.2, 0.25) is 0 Å². The topological polar surface area (TPSA) is 135 Å². The van der Waals surface area contributed by atoms with Crippen molar-refractivity contribution in [1.29, 1.82) is 0 Å². The van der Waals surface area contributed by atoms with E-state index < -0.39 is 47.5 Å². The van der Waals surface area contributed by atoms with Crippen LogP contribution in [0.5, 0.6) is 0 Å². The predicted octanol–water partition coefficient (Wildman–Crippen LogP) is 2.88. The third-order valence-corrected chi connectivity index (χ3v) is 6.53. The lowest BCUT2D eigenvalue weighted by Crippen LogP contribution is -2.50. The Bertz CT molecular complexity index is 1180. The number of nitrogens with one attached hydrogen (secondary N) is 1. The molecule has 0 aliphatic carbocycles. The molecule has 0 bridgehead atoms. The van der Waals surface area contributed by atoms with Crippen molar-refractivity contribution in [3.63, 3.8) is 0 Å². The monoisotopic (exact) mass is 556 g/mol. The van der Waals surface area contributed by atoms with E-state index >= 15 is 0 Å². The van der Waals surface area contributed by atoms with Gasteiger partial charge in [0.15, 0.2) is 18.4 Å². The lowest BCUT2D eigenvalue weighted by atomic mass is 9.85. The van der Waals surface area contributed by atoms with Gasteiger partial charge in [0.05, 0.1) is 25.4 Å². The Morgan fingerprint density at radius 1 is 1.10 bits per heavy atom. The maximum Gasteiger partial charge on any atom is 0.414 e. The first-order valence-corrected chi connectivity index (χ1v) is 13.2. The van der Waals surface area contributed by atoms with Crippen LogP contribution in [0.4, 0.5) is 4.79 Å². The number of hydrogen-bond acceptors (Lipinski definition) is 7. The van der Waals surface area contributed by atoms with Gasteiger partial charge in [-0.3, -0.25) is 9.59 Å². The number of carboxylic acid groups (broad SMARTS) is 1. The van der Waals surface area contributed by atoms with Gasteiger partial charge in [-0.05, 0) is 51.7 Å². The van der Waals surface area contributed by atoms with E-state index in [0.717, 1.165) is 18.4 Å². The van der Waals surface area contributed by atoms with Gasteiger partial charge in [0, 0.05) is 12.6 Å². The first-order valence-electron chi connectivity index (χ1n) is 13.2. The minimum absolute atomic E-state index is 0.186. The summed E-state index contributed by atoms with van der Waals surface area (Å²) in [6.45, 7) is 5.42. The number of aromatic nitrogens is 1. The number of benzene rings is 1. The Balaban J connectivity index is 1.68. The normalized spacial score (nSPS) is 16.9. The second-order valence-electron chi connectivity index (χ2n) is 10.6. The van der Waals surface area contributed by atoms with Crippen LogP contribution in [-0.4, -0.2) is 71.9 Å². The number of carbonyl (C=O) groups excluding carboxylic acids is 3. The largest absolute Gasteiger partial charge is 0.480 e. The molecule has 216 valence electrons. The minimum Gasteiger partial charge on any atom is -0.480 e. The molecule has 11 heteroatoms. The van der Waals surface area contributed by atoms with Crippen LogP contribution in [0.3, 0.4) is 0 Å². The van der Waals surface area contributed by atoms with E-state index in [1.54, 1.807) is 37.9 Å². The summed E-state index contributed by atoms with van der Waals surface area (Å²) in [4.78, 5) is 51.9. The molecule has 3 atom stereocenters. The van der Waals surface area contributed by atoms with Crippen LogP contribution in [-0.2, 0) is 30.5 Å². The van der Waals surface area contributed by atoms with E-state index in [-0.39, 0.29) is 18.9 Å². The number of piperidine rings is 1. The van der Waals surface area contributed by atoms with E-state index in [1.165, 1.54) is 23.9 Å². The van der Waals surface area contributed by atoms with E-state index in [2.05, 4.69) is 5.32 Å². The molecule has 1 aliphatic rings. The summed E-state index contributed by atoms with van der Waals surface area (Å²) in [6.07, 6.45) is 4.76. The number of likely N-dealkylation sites (tertiary alicyclic amines) is 1. The molecule has 2 heterocycles. The fourth-order valence-electron chi connectivity index (χ4n) is 4.53. The SMILES string of the molecule is COC(=O)C(c1ccccc1)[C@H]1CCCCN1C(=O)OC[n+]1cccc(C(=O)NC(COC(C)(C)C)C(=O)O)c1. The average molecular weight is 557 g/mol. The van der Waals surface area contributed by atoms with Crippen molar-refractivity contribution in [3.8, 4) is 0 Å². The van der Waals surface area contributed by atoms with E-state index in [1.807, 2.05) is 30.3 Å². The molecule has 40 heavy (non-hydrogen) atoms. The number of pyridine rings is 1. The molecule has 1 aromatic carbocycles. The molecular formula is C29H38N3O8+. The summed E-state index contributed by atoms with van der Waals surface area (Å²) in [5.41, 5.74) is 0.384. The van der Waals surface area contributed by atoms with Gasteiger partial charge in [-0.25, -0.2) is 9.59 Å². The van der Waals surface area contributed by atoms with Gasteiger partial charge < -0.3 is 29.5 Å². The number of esters is 1. The Hall–Kier alpha value is -3.99. The molecule has 1 saturated heterocycles. The molecule has 1 aromatic heterocycles. The van der Waals surface area contributed by atoms with Crippen LogP contribution in [0.25, 0.3) is 0 Å². The van der Waals surface area contributed by atoms with Crippen molar-refractivity contribution in [1.82, 2.24) is 10.2 Å². The summed E-state index contributed by atoms with van der Waals surface area (Å²) in [6, 6.07) is 10.7. The Morgan fingerprint density at radius 3 is 2.48 bits per heavy atom. The summed E-state index contributed by atoms with van der Waals surface area (Å²) >= 11 is 0. The lowest BCUT2D eigenvalue weighted by molar-refractivity contribution is -0.727. The molecule has 1 fully saturated rings. The Labute approximate surface area is 234 Å². The van der Waals surface area contributed by atoms with E-state index in [9.17, 15) is 24.3 Å². The maximum atomic E-state index is 13.2. The number of amides is 2. The molecule has 0 radical (unpaired) electrons. The Kier molecular flexibility index (Phi) is 10.6. The zero-order chi connectivity index (χ0) is 29.3. The first-order chi connectivity index (χ1) is 19.0. The number of carboxylic acids is 1. The van der Waals surface area contributed by atoms with Crippen LogP contribution < -0.4 is 9.88 Å². The van der Waals surface area contributed by atoms with Crippen LogP contribution in [0.15, 0.2) is 54.9 Å². The third-order valence-electron chi connectivity index (χ3n) is 6.53. The van der Waals surface area contributed by atoms with Crippen molar-refractivity contribution >= 4 is 23.9 Å². The van der Waals surface area contributed by atoms with Gasteiger partial charge in [0.1, 0.15) is 11.5 Å². The minimum atomic E-state index is -1.23. The molecule has 3 rings (SSSR count). The highest BCUT2D eigenvalue weighted by molar-refractivity contribution is 5.96. The van der Waals surface area contributed by atoms with Crippen molar-refractivity contribution in [2.45, 2.75) is 70.4 Å². The van der Waals surface area contributed by atoms with Crippen LogP contribution in [0.1, 0.15) is 61.9 Å². The van der Waals surface area contributed by atoms with Gasteiger partial charge in [-0.1, -0.05) is 30.3 Å². The molecular weight excluding hydrogens is 518 g/mol. The molecule has 0 saturated carbocycles. The van der Waals surface area contributed by atoms with E-state index in [0.29, 0.717) is 13.0 Å². The Morgan fingerprint density at radius 2 is 1.82 bits per heavy atom. The quantitative estimate of drug-likeness (QED) is 0.337. The standard InChI is InChI=1S/C29H37N3O8/c1-29(2,3)40-18-22(26(34)35)30-25(33)21-13-10-15-31(17-21)19-39-28(37)32-16-9-8-14-23(32)24(27(36)38-4)20-11-6-5-7-12-20/h5-7,10-13,15,17,22-24H,8-9,14,16,18-19H2,1-4H3,(H-,30,33,34,35)/p+1/t22?,23-,24?/m1/s1. The molecule has 11 nitrogen and oxygen atoms in total. The molecule has 2 N–H and O–H groups in total. The van der Waals surface area contributed by atoms with Crippen molar-refractivity contribution in [3.05, 3.63) is 66.0 Å². The summed E-state index contributed by atoms with van der Waals surface area (Å²) in [5, 5.41) is 11.9. The molecule has 2 amide bonds. The third kappa shape index (κ3) is 8.51. The van der Waals surface area contributed by atoms with Crippen molar-refractivity contribution in [2.24, 2.45) is 0 Å². The smallest absolute Gasteiger partial charge is 0.414 e. The fourth-order valence-corrected chi connectivity index (χ4v) is 4.53. The number of ether oxygens (including phenoxy) is 3.